The molecule has 1 aliphatic heterocycles. The molecule has 3 N–H and O–H groups in total. The molecule has 1 atom stereocenters. The van der Waals surface area contributed by atoms with Gasteiger partial charge in [-0.3, -0.25) is 14.4 Å². The van der Waals surface area contributed by atoms with Gasteiger partial charge in [-0.05, 0) is 68.4 Å². The van der Waals surface area contributed by atoms with Crippen LogP contribution >= 0.6 is 0 Å². The summed E-state index contributed by atoms with van der Waals surface area (Å²) >= 11 is 0. The Hall–Kier alpha value is -3.97. The second-order valence-electron chi connectivity index (χ2n) is 12.6. The van der Waals surface area contributed by atoms with Gasteiger partial charge in [-0.25, -0.2) is 0 Å². The summed E-state index contributed by atoms with van der Waals surface area (Å²) in [5.41, 5.74) is 7.56. The van der Waals surface area contributed by atoms with E-state index in [-0.39, 0.29) is 11.8 Å². The molecule has 1 fully saturated rings. The lowest BCUT2D eigenvalue weighted by Crippen LogP contribution is -2.54. The van der Waals surface area contributed by atoms with Crippen molar-refractivity contribution < 1.29 is 19.5 Å². The van der Waals surface area contributed by atoms with Crippen molar-refractivity contribution in [2.45, 2.75) is 64.5 Å². The number of carboxylic acid groups (broad SMARTS) is 1. The Labute approximate surface area is 249 Å². The molecule has 7 heteroatoms. The molecule has 42 heavy (non-hydrogen) atoms. The number of nitrogens with zero attached hydrogens (tertiary/aromatic N) is 2. The average molecular weight is 570 g/mol. The van der Waals surface area contributed by atoms with E-state index in [1.165, 1.54) is 4.90 Å². The van der Waals surface area contributed by atoms with E-state index in [0.717, 1.165) is 27.5 Å². The lowest BCUT2D eigenvalue weighted by atomic mass is 9.73. The molecule has 0 saturated carbocycles. The van der Waals surface area contributed by atoms with Crippen LogP contribution in [0, 0.1) is 5.41 Å². The fourth-order valence-corrected chi connectivity index (χ4v) is 6.03. The zero-order chi connectivity index (χ0) is 30.5. The van der Waals surface area contributed by atoms with Crippen LogP contribution in [0.2, 0.25) is 0 Å². The quantitative estimate of drug-likeness (QED) is 0.326. The first-order valence-electron chi connectivity index (χ1n) is 14.6. The molecule has 1 unspecified atom stereocenters. The first-order chi connectivity index (χ1) is 19.9. The van der Waals surface area contributed by atoms with Crippen molar-refractivity contribution in [1.29, 1.82) is 0 Å². The van der Waals surface area contributed by atoms with Gasteiger partial charge in [0.2, 0.25) is 11.8 Å². The van der Waals surface area contributed by atoms with Crippen LogP contribution in [-0.2, 0) is 27.2 Å². The Bertz CT molecular complexity index is 1450. The molecular formula is C35H43N3O4. The highest BCUT2D eigenvalue weighted by Gasteiger charge is 2.43. The molecule has 1 saturated heterocycles. The van der Waals surface area contributed by atoms with E-state index in [2.05, 4.69) is 6.07 Å². The van der Waals surface area contributed by atoms with Gasteiger partial charge in [0.05, 0.1) is 5.41 Å². The number of hydrogen-bond donors (Lipinski definition) is 2. The maximum absolute atomic E-state index is 14.1. The molecule has 2 amide bonds. The second kappa shape index (κ2) is 12.9. The lowest BCUT2D eigenvalue weighted by molar-refractivity contribution is -0.155. The number of piperidine rings is 1. The highest BCUT2D eigenvalue weighted by atomic mass is 16.4. The fourth-order valence-electron chi connectivity index (χ4n) is 6.03. The van der Waals surface area contributed by atoms with Crippen LogP contribution in [-0.4, -0.2) is 64.4 Å². The van der Waals surface area contributed by atoms with Gasteiger partial charge < -0.3 is 20.6 Å². The second-order valence-corrected chi connectivity index (χ2v) is 12.6. The molecule has 4 rings (SSSR count). The smallest absolute Gasteiger partial charge is 0.310 e. The number of amides is 2. The van der Waals surface area contributed by atoms with Crippen molar-refractivity contribution in [3.8, 4) is 0 Å². The summed E-state index contributed by atoms with van der Waals surface area (Å²) in [5.74, 6) is -1.25. The molecule has 7 nitrogen and oxygen atoms in total. The van der Waals surface area contributed by atoms with E-state index in [1.807, 2.05) is 87.5 Å². The topological polar surface area (TPSA) is 104 Å². The fraction of sp³-hybridized carbons (Fsp3) is 0.400. The highest BCUT2D eigenvalue weighted by Crippen LogP contribution is 2.36. The van der Waals surface area contributed by atoms with E-state index in [4.69, 9.17) is 5.73 Å². The van der Waals surface area contributed by atoms with Gasteiger partial charge in [0, 0.05) is 38.2 Å². The van der Waals surface area contributed by atoms with E-state index in [1.54, 1.807) is 18.0 Å². The number of benzene rings is 3. The molecule has 0 bridgehead atoms. The summed E-state index contributed by atoms with van der Waals surface area (Å²) in [6.07, 6.45) is 3.61. The highest BCUT2D eigenvalue weighted by molar-refractivity contribution is 5.93. The summed E-state index contributed by atoms with van der Waals surface area (Å²) in [4.78, 5) is 43.3. The lowest BCUT2D eigenvalue weighted by Gasteiger charge is -2.41. The minimum atomic E-state index is -0.928. The number of likely N-dealkylation sites (N-methyl/N-ethyl adjacent to an activating group) is 1. The maximum Gasteiger partial charge on any atom is 0.310 e. The molecule has 0 aliphatic carbocycles. The molecule has 0 spiro atoms. The third kappa shape index (κ3) is 7.65. The van der Waals surface area contributed by atoms with Crippen LogP contribution < -0.4 is 5.73 Å². The Morgan fingerprint density at radius 2 is 1.60 bits per heavy atom. The van der Waals surface area contributed by atoms with Gasteiger partial charge in [0.25, 0.3) is 0 Å². The summed E-state index contributed by atoms with van der Waals surface area (Å²) in [6, 6.07) is 23.1. The van der Waals surface area contributed by atoms with Crippen molar-refractivity contribution in [3.05, 3.63) is 95.6 Å². The van der Waals surface area contributed by atoms with E-state index < -0.39 is 23.0 Å². The minimum absolute atomic E-state index is 0.164. The van der Waals surface area contributed by atoms with Gasteiger partial charge in [-0.1, -0.05) is 78.4 Å². The van der Waals surface area contributed by atoms with Crippen molar-refractivity contribution in [1.82, 2.24) is 9.80 Å². The van der Waals surface area contributed by atoms with Crippen LogP contribution in [0.5, 0.6) is 0 Å². The van der Waals surface area contributed by atoms with E-state index in [0.29, 0.717) is 45.2 Å². The molecule has 0 aromatic heterocycles. The number of carbonyl (C=O) groups is 3. The Morgan fingerprint density at radius 3 is 2.21 bits per heavy atom. The predicted molar refractivity (Wildman–Crippen MR) is 167 cm³/mol. The summed E-state index contributed by atoms with van der Waals surface area (Å²) in [5, 5.41) is 12.4. The molecule has 3 aromatic carbocycles. The minimum Gasteiger partial charge on any atom is -0.481 e. The third-order valence-corrected chi connectivity index (χ3v) is 8.32. The predicted octanol–water partition coefficient (Wildman–Crippen LogP) is 5.22. The maximum atomic E-state index is 14.1. The molecule has 3 aromatic rings. The first kappa shape index (κ1) is 31.0. The van der Waals surface area contributed by atoms with Gasteiger partial charge in [-0.2, -0.15) is 0 Å². The Morgan fingerprint density at radius 1 is 0.976 bits per heavy atom. The Balaban J connectivity index is 1.57. The number of carboxylic acids is 1. The SMILES string of the molecule is CC(=CC(=O)N(C)C(Cc1ccc2ccccc2c1)C(=O)N1CCC(Cc2ccccc2)(C(=O)O)CC1)CC(C)(C)N. The zero-order valence-electron chi connectivity index (χ0n) is 25.2. The first-order valence-corrected chi connectivity index (χ1v) is 14.6. The number of rotatable bonds is 10. The standard InChI is InChI=1S/C35H43N3O4/c1-25(23-34(2,3)36)20-31(39)37(4)30(22-27-14-15-28-12-8-9-13-29(28)21-27)32(40)38-18-16-35(17-19-38,33(41)42)24-26-10-6-5-7-11-26/h5-15,20-21,30H,16-19,22-24,36H2,1-4H3,(H,41,42). The van der Waals surface area contributed by atoms with Crippen LogP contribution in [0.3, 0.4) is 0 Å². The molecule has 1 heterocycles. The summed E-state index contributed by atoms with van der Waals surface area (Å²) in [7, 11) is 1.67. The number of aliphatic carboxylic acids is 1. The molecular weight excluding hydrogens is 526 g/mol. The van der Waals surface area contributed by atoms with Crippen molar-refractivity contribution >= 4 is 28.6 Å². The Kier molecular flexibility index (Phi) is 9.52. The summed E-state index contributed by atoms with van der Waals surface area (Å²) in [6.45, 7) is 6.35. The van der Waals surface area contributed by atoms with Crippen LogP contribution in [0.1, 0.15) is 51.2 Å². The van der Waals surface area contributed by atoms with Gasteiger partial charge >= 0.3 is 5.97 Å². The number of hydrogen-bond acceptors (Lipinski definition) is 4. The zero-order valence-corrected chi connectivity index (χ0v) is 25.2. The third-order valence-electron chi connectivity index (χ3n) is 8.32. The number of likely N-dealkylation sites (tertiary alicyclic amines) is 1. The molecule has 1 aliphatic rings. The van der Waals surface area contributed by atoms with Gasteiger partial charge in [-0.15, -0.1) is 0 Å². The monoisotopic (exact) mass is 569 g/mol. The van der Waals surface area contributed by atoms with Crippen LogP contribution in [0.15, 0.2) is 84.4 Å². The number of fused-ring (bicyclic) bond motifs is 1. The van der Waals surface area contributed by atoms with E-state index >= 15 is 0 Å². The van der Waals surface area contributed by atoms with Crippen molar-refractivity contribution in [2.75, 3.05) is 20.1 Å². The van der Waals surface area contributed by atoms with Crippen LogP contribution in [0.25, 0.3) is 10.8 Å². The van der Waals surface area contributed by atoms with Crippen molar-refractivity contribution in [2.24, 2.45) is 11.1 Å². The number of carbonyl (C=O) groups excluding carboxylic acids is 2. The summed E-state index contributed by atoms with van der Waals surface area (Å²) < 4.78 is 0. The van der Waals surface area contributed by atoms with E-state index in [9.17, 15) is 19.5 Å². The van der Waals surface area contributed by atoms with Gasteiger partial charge in [0.15, 0.2) is 0 Å². The molecule has 222 valence electrons. The van der Waals surface area contributed by atoms with Gasteiger partial charge in [0.1, 0.15) is 6.04 Å². The van der Waals surface area contributed by atoms with Crippen molar-refractivity contribution in [3.63, 3.8) is 0 Å². The molecule has 0 radical (unpaired) electrons. The largest absolute Gasteiger partial charge is 0.481 e. The average Bonchev–Trinajstić information content (AvgIpc) is 2.95. The number of nitrogens with two attached hydrogens (primary N) is 1. The van der Waals surface area contributed by atoms with Crippen LogP contribution in [0.4, 0.5) is 0 Å². The normalized spacial score (nSPS) is 16.2.